The van der Waals surface area contributed by atoms with Crippen molar-refractivity contribution in [1.82, 2.24) is 0 Å². The second-order valence-corrected chi connectivity index (χ2v) is 4.08. The highest BCUT2D eigenvalue weighted by atomic mass is 19.4. The van der Waals surface area contributed by atoms with Gasteiger partial charge in [-0.1, -0.05) is 6.92 Å². The average Bonchev–Trinajstić information content (AvgIpc) is 2.37. The van der Waals surface area contributed by atoms with Crippen molar-refractivity contribution < 1.29 is 54.6 Å². The molecule has 0 radical (unpaired) electrons. The van der Waals surface area contributed by atoms with Crippen molar-refractivity contribution in [3.8, 4) is 0 Å². The molecule has 0 aromatic carbocycles. The number of ether oxygens (including phenoxy) is 2. The highest BCUT2D eigenvalue weighted by Crippen LogP contribution is 2.46. The molecule has 142 valence electrons. The van der Waals surface area contributed by atoms with Crippen LogP contribution in [0, 0.1) is 0 Å². The standard InChI is InChI=1S/C8H7F7O3.C4H8O2/c1-2-3-4(16)18-5(17)6(9,10)7(11,12)8(13,14)15;1-3-6-4(2)5/h2-3H2,1H3;3H2,1-2H3. The third-order valence-corrected chi connectivity index (χ3v) is 2.01. The van der Waals surface area contributed by atoms with E-state index >= 15 is 0 Å². The Hall–Kier alpha value is -1.88. The molecule has 0 rings (SSSR count). The molecule has 0 aliphatic heterocycles. The maximum absolute atomic E-state index is 12.6. The van der Waals surface area contributed by atoms with E-state index in [1.165, 1.54) is 13.8 Å². The summed E-state index contributed by atoms with van der Waals surface area (Å²) in [5.41, 5.74) is 0. The summed E-state index contributed by atoms with van der Waals surface area (Å²) in [6, 6.07) is 0. The Morgan fingerprint density at radius 3 is 1.62 bits per heavy atom. The Kier molecular flexibility index (Phi) is 9.57. The Morgan fingerprint density at radius 1 is 0.917 bits per heavy atom. The zero-order valence-corrected chi connectivity index (χ0v) is 12.8. The Bertz CT molecular complexity index is 446. The van der Waals surface area contributed by atoms with Gasteiger partial charge >= 0.3 is 35.9 Å². The molecule has 0 fully saturated rings. The number of esters is 3. The van der Waals surface area contributed by atoms with Gasteiger partial charge < -0.3 is 9.47 Å². The van der Waals surface area contributed by atoms with Crippen LogP contribution in [-0.4, -0.2) is 42.5 Å². The molecule has 0 amide bonds. The molecular weight excluding hydrogens is 357 g/mol. The highest BCUT2D eigenvalue weighted by molar-refractivity contribution is 5.90. The van der Waals surface area contributed by atoms with Crippen LogP contribution < -0.4 is 0 Å². The minimum atomic E-state index is -6.65. The molecule has 0 aliphatic carbocycles. The van der Waals surface area contributed by atoms with E-state index in [1.54, 1.807) is 6.92 Å². The van der Waals surface area contributed by atoms with Gasteiger partial charge in [0.15, 0.2) is 0 Å². The molecule has 24 heavy (non-hydrogen) atoms. The number of hydrogen-bond donors (Lipinski definition) is 0. The number of carbonyl (C=O) groups is 3. The minimum Gasteiger partial charge on any atom is -0.466 e. The Morgan fingerprint density at radius 2 is 1.38 bits per heavy atom. The lowest BCUT2D eigenvalue weighted by molar-refractivity contribution is -0.347. The van der Waals surface area contributed by atoms with E-state index in [4.69, 9.17) is 0 Å². The van der Waals surface area contributed by atoms with Gasteiger partial charge in [-0.3, -0.25) is 9.59 Å². The van der Waals surface area contributed by atoms with Gasteiger partial charge in [0, 0.05) is 13.3 Å². The summed E-state index contributed by atoms with van der Waals surface area (Å²) in [4.78, 5) is 30.9. The van der Waals surface area contributed by atoms with E-state index in [9.17, 15) is 45.1 Å². The zero-order valence-electron chi connectivity index (χ0n) is 12.8. The van der Waals surface area contributed by atoms with Crippen LogP contribution in [0.5, 0.6) is 0 Å². The van der Waals surface area contributed by atoms with Crippen molar-refractivity contribution >= 4 is 17.9 Å². The number of hydrogen-bond acceptors (Lipinski definition) is 5. The molecule has 0 saturated heterocycles. The SMILES string of the molecule is CCCC(=O)OC(=O)C(F)(F)C(F)(F)C(F)(F)F.CCOC(C)=O. The van der Waals surface area contributed by atoms with Crippen LogP contribution >= 0.6 is 0 Å². The normalized spacial score (nSPS) is 11.9. The molecule has 0 N–H and O–H groups in total. The lowest BCUT2D eigenvalue weighted by atomic mass is 10.1. The Balaban J connectivity index is 0. The van der Waals surface area contributed by atoms with Gasteiger partial charge in [0.05, 0.1) is 6.61 Å². The molecule has 0 spiro atoms. The molecule has 0 heterocycles. The molecule has 0 saturated carbocycles. The van der Waals surface area contributed by atoms with Crippen LogP contribution in [0.25, 0.3) is 0 Å². The lowest BCUT2D eigenvalue weighted by Gasteiger charge is -2.25. The maximum atomic E-state index is 12.6. The Labute approximate surface area is 132 Å². The second kappa shape index (κ2) is 9.42. The monoisotopic (exact) mass is 372 g/mol. The summed E-state index contributed by atoms with van der Waals surface area (Å²) in [6.45, 7) is 5.02. The number of alkyl halides is 7. The van der Waals surface area contributed by atoms with E-state index in [0.29, 0.717) is 6.61 Å². The van der Waals surface area contributed by atoms with Gasteiger partial charge in [-0.05, 0) is 13.3 Å². The molecule has 0 aromatic heterocycles. The fourth-order valence-electron chi connectivity index (χ4n) is 0.932. The van der Waals surface area contributed by atoms with Crippen LogP contribution in [0.4, 0.5) is 30.7 Å². The summed E-state index contributed by atoms with van der Waals surface area (Å²) in [5, 5.41) is 0. The number of halogens is 7. The zero-order chi connectivity index (χ0) is 19.8. The van der Waals surface area contributed by atoms with Crippen molar-refractivity contribution in [3.05, 3.63) is 0 Å². The van der Waals surface area contributed by atoms with Crippen LogP contribution in [0.15, 0.2) is 0 Å². The minimum absolute atomic E-state index is 0.0351. The molecular formula is C12H15F7O5. The van der Waals surface area contributed by atoms with Crippen molar-refractivity contribution in [2.75, 3.05) is 6.61 Å². The fraction of sp³-hybridized carbons (Fsp3) is 0.750. The quantitative estimate of drug-likeness (QED) is 0.421. The van der Waals surface area contributed by atoms with Gasteiger partial charge in [0.1, 0.15) is 0 Å². The van der Waals surface area contributed by atoms with Crippen LogP contribution in [0.1, 0.15) is 33.6 Å². The smallest absolute Gasteiger partial charge is 0.460 e. The largest absolute Gasteiger partial charge is 0.466 e. The predicted octanol–water partition coefficient (Wildman–Crippen LogP) is 3.26. The molecule has 0 bridgehead atoms. The van der Waals surface area contributed by atoms with E-state index in [0.717, 1.165) is 0 Å². The van der Waals surface area contributed by atoms with Crippen molar-refractivity contribution in [1.29, 1.82) is 0 Å². The van der Waals surface area contributed by atoms with Crippen LogP contribution in [-0.2, 0) is 23.9 Å². The molecule has 12 heteroatoms. The van der Waals surface area contributed by atoms with Gasteiger partial charge in [-0.2, -0.15) is 30.7 Å². The van der Waals surface area contributed by atoms with Gasteiger partial charge in [0.2, 0.25) is 0 Å². The fourth-order valence-corrected chi connectivity index (χ4v) is 0.932. The molecule has 0 atom stereocenters. The highest BCUT2D eigenvalue weighted by Gasteiger charge is 2.77. The second-order valence-electron chi connectivity index (χ2n) is 4.08. The predicted molar refractivity (Wildman–Crippen MR) is 64.3 cm³/mol. The third-order valence-electron chi connectivity index (χ3n) is 2.01. The first kappa shape index (κ1) is 24.4. The topological polar surface area (TPSA) is 69.7 Å². The van der Waals surface area contributed by atoms with Crippen molar-refractivity contribution in [2.45, 2.75) is 51.6 Å². The van der Waals surface area contributed by atoms with Crippen molar-refractivity contribution in [2.24, 2.45) is 0 Å². The van der Waals surface area contributed by atoms with Gasteiger partial charge in [-0.25, -0.2) is 4.79 Å². The van der Waals surface area contributed by atoms with Gasteiger partial charge in [0.25, 0.3) is 0 Å². The van der Waals surface area contributed by atoms with E-state index in [-0.39, 0.29) is 12.4 Å². The number of carbonyl (C=O) groups excluding carboxylic acids is 3. The molecule has 5 nitrogen and oxygen atoms in total. The van der Waals surface area contributed by atoms with Gasteiger partial charge in [-0.15, -0.1) is 0 Å². The maximum Gasteiger partial charge on any atom is 0.460 e. The average molecular weight is 372 g/mol. The summed E-state index contributed by atoms with van der Waals surface area (Å²) >= 11 is 0. The van der Waals surface area contributed by atoms with Crippen LogP contribution in [0.3, 0.4) is 0 Å². The first-order valence-electron chi connectivity index (χ1n) is 6.35. The molecule has 0 unspecified atom stereocenters. The summed E-state index contributed by atoms with van der Waals surface area (Å²) < 4.78 is 92.4. The lowest BCUT2D eigenvalue weighted by Crippen LogP contribution is -2.56. The third kappa shape index (κ3) is 7.13. The molecule has 0 aliphatic rings. The van der Waals surface area contributed by atoms with Crippen molar-refractivity contribution in [3.63, 3.8) is 0 Å². The van der Waals surface area contributed by atoms with E-state index in [1.807, 2.05) is 0 Å². The molecule has 0 aromatic rings. The van der Waals surface area contributed by atoms with E-state index in [2.05, 4.69) is 9.47 Å². The summed E-state index contributed by atoms with van der Waals surface area (Å²) in [5.74, 6) is -17.8. The first-order chi connectivity index (χ1) is 10.6. The summed E-state index contributed by atoms with van der Waals surface area (Å²) in [6.07, 6.45) is -7.18. The summed E-state index contributed by atoms with van der Waals surface area (Å²) in [7, 11) is 0. The first-order valence-corrected chi connectivity index (χ1v) is 6.35. The van der Waals surface area contributed by atoms with E-state index < -0.39 is 36.4 Å². The van der Waals surface area contributed by atoms with Crippen LogP contribution in [0.2, 0.25) is 0 Å². The number of rotatable bonds is 5.